The molecule has 21 heavy (non-hydrogen) atoms. The summed E-state index contributed by atoms with van der Waals surface area (Å²) in [5.74, 6) is 0. The lowest BCUT2D eigenvalue weighted by molar-refractivity contribution is -0.0260. The molecule has 122 valence electrons. The van der Waals surface area contributed by atoms with E-state index in [1.165, 1.54) is 0 Å². The summed E-state index contributed by atoms with van der Waals surface area (Å²) in [5.41, 5.74) is 6.78. The highest BCUT2D eigenvalue weighted by Gasteiger charge is 2.19. The first-order chi connectivity index (χ1) is 10.2. The SMILES string of the molecule is CC.CC.NC[C@H]1CN(Cc2ccc(Cl)c(Cl)c2)CCO1. The molecule has 3 nitrogen and oxygen atoms in total. The van der Waals surface area contributed by atoms with Crippen molar-refractivity contribution in [2.45, 2.75) is 40.3 Å². The summed E-state index contributed by atoms with van der Waals surface area (Å²) in [5, 5.41) is 1.20. The van der Waals surface area contributed by atoms with E-state index in [4.69, 9.17) is 33.7 Å². The predicted octanol–water partition coefficient (Wildman–Crippen LogP) is 4.21. The van der Waals surface area contributed by atoms with Gasteiger partial charge in [-0.05, 0) is 17.7 Å². The molecule has 0 aromatic heterocycles. The van der Waals surface area contributed by atoms with Crippen molar-refractivity contribution in [3.63, 3.8) is 0 Å². The van der Waals surface area contributed by atoms with Gasteiger partial charge in [-0.3, -0.25) is 4.90 Å². The number of morpholine rings is 1. The molecule has 1 aromatic carbocycles. The summed E-state index contributed by atoms with van der Waals surface area (Å²) in [7, 11) is 0. The molecule has 0 spiro atoms. The number of nitrogens with two attached hydrogens (primary N) is 1. The predicted molar refractivity (Wildman–Crippen MR) is 93.2 cm³/mol. The fourth-order valence-corrected chi connectivity index (χ4v) is 2.28. The van der Waals surface area contributed by atoms with E-state index in [9.17, 15) is 0 Å². The van der Waals surface area contributed by atoms with Crippen LogP contribution in [0.25, 0.3) is 0 Å². The minimum Gasteiger partial charge on any atom is -0.374 e. The van der Waals surface area contributed by atoms with Crippen molar-refractivity contribution in [2.24, 2.45) is 5.73 Å². The molecule has 1 saturated heterocycles. The first-order valence-electron chi connectivity index (χ1n) is 7.67. The third-order valence-corrected chi connectivity index (χ3v) is 3.62. The minimum absolute atomic E-state index is 0.145. The lowest BCUT2D eigenvalue weighted by atomic mass is 10.2. The smallest absolute Gasteiger partial charge is 0.0824 e. The van der Waals surface area contributed by atoms with Crippen LogP contribution in [0.1, 0.15) is 33.3 Å². The topological polar surface area (TPSA) is 38.5 Å². The Bertz CT molecular complexity index is 389. The molecule has 0 amide bonds. The van der Waals surface area contributed by atoms with Gasteiger partial charge in [-0.1, -0.05) is 57.0 Å². The minimum atomic E-state index is 0.145. The van der Waals surface area contributed by atoms with E-state index in [1.807, 2.05) is 45.9 Å². The van der Waals surface area contributed by atoms with Crippen molar-refractivity contribution in [1.29, 1.82) is 0 Å². The van der Waals surface area contributed by atoms with Crippen LogP contribution in [-0.2, 0) is 11.3 Å². The molecule has 1 fully saturated rings. The van der Waals surface area contributed by atoms with Crippen molar-refractivity contribution in [2.75, 3.05) is 26.2 Å². The number of ether oxygens (including phenoxy) is 1. The number of halogens is 2. The second-order valence-electron chi connectivity index (χ2n) is 4.21. The average Bonchev–Trinajstić information content (AvgIpc) is 2.55. The van der Waals surface area contributed by atoms with E-state index in [0.717, 1.165) is 31.8 Å². The first-order valence-corrected chi connectivity index (χ1v) is 8.42. The van der Waals surface area contributed by atoms with Crippen LogP contribution in [0.3, 0.4) is 0 Å². The van der Waals surface area contributed by atoms with Crippen molar-refractivity contribution in [3.8, 4) is 0 Å². The normalized spacial score (nSPS) is 18.1. The molecular weight excluding hydrogens is 307 g/mol. The molecule has 2 N–H and O–H groups in total. The van der Waals surface area contributed by atoms with Crippen molar-refractivity contribution >= 4 is 23.2 Å². The lowest BCUT2D eigenvalue weighted by Crippen LogP contribution is -2.45. The molecule has 0 aliphatic carbocycles. The summed E-state index contributed by atoms with van der Waals surface area (Å²) in [4.78, 5) is 2.32. The zero-order chi connectivity index (χ0) is 16.3. The van der Waals surface area contributed by atoms with Crippen molar-refractivity contribution in [3.05, 3.63) is 33.8 Å². The van der Waals surface area contributed by atoms with E-state index in [2.05, 4.69) is 4.90 Å². The van der Waals surface area contributed by atoms with Gasteiger partial charge in [0.25, 0.3) is 0 Å². The quantitative estimate of drug-likeness (QED) is 0.899. The summed E-state index contributed by atoms with van der Waals surface area (Å²) >= 11 is 11.9. The highest BCUT2D eigenvalue weighted by molar-refractivity contribution is 6.42. The molecule has 0 unspecified atom stereocenters. The number of hydrogen-bond donors (Lipinski definition) is 1. The molecule has 1 atom stereocenters. The Hall–Kier alpha value is -0.320. The van der Waals surface area contributed by atoms with Crippen LogP contribution in [0, 0.1) is 0 Å². The van der Waals surface area contributed by atoms with E-state index in [0.29, 0.717) is 16.6 Å². The van der Waals surface area contributed by atoms with Crippen molar-refractivity contribution in [1.82, 2.24) is 4.90 Å². The van der Waals surface area contributed by atoms with Gasteiger partial charge in [0.2, 0.25) is 0 Å². The maximum Gasteiger partial charge on any atom is 0.0824 e. The van der Waals surface area contributed by atoms with Gasteiger partial charge in [-0.15, -0.1) is 0 Å². The van der Waals surface area contributed by atoms with Crippen LogP contribution >= 0.6 is 23.2 Å². The van der Waals surface area contributed by atoms with E-state index in [-0.39, 0.29) is 6.10 Å². The Morgan fingerprint density at radius 1 is 1.19 bits per heavy atom. The van der Waals surface area contributed by atoms with Crippen LogP contribution in [0.4, 0.5) is 0 Å². The van der Waals surface area contributed by atoms with E-state index < -0.39 is 0 Å². The Morgan fingerprint density at radius 3 is 2.43 bits per heavy atom. The number of benzene rings is 1. The summed E-state index contributed by atoms with van der Waals surface area (Å²) in [6.45, 7) is 12.0. The van der Waals surface area contributed by atoms with Gasteiger partial charge in [-0.25, -0.2) is 0 Å². The average molecular weight is 335 g/mol. The van der Waals surface area contributed by atoms with Crippen LogP contribution in [-0.4, -0.2) is 37.2 Å². The number of hydrogen-bond acceptors (Lipinski definition) is 3. The molecule has 0 saturated carbocycles. The summed E-state index contributed by atoms with van der Waals surface area (Å²) in [6, 6.07) is 5.75. The van der Waals surface area contributed by atoms with Crippen molar-refractivity contribution < 1.29 is 4.74 Å². The molecule has 1 aliphatic heterocycles. The van der Waals surface area contributed by atoms with Crippen LogP contribution in [0.5, 0.6) is 0 Å². The van der Waals surface area contributed by atoms with Gasteiger partial charge in [0, 0.05) is 26.2 Å². The van der Waals surface area contributed by atoms with Gasteiger partial charge in [-0.2, -0.15) is 0 Å². The maximum absolute atomic E-state index is 5.99. The van der Waals surface area contributed by atoms with Crippen LogP contribution in [0.15, 0.2) is 18.2 Å². The van der Waals surface area contributed by atoms with E-state index >= 15 is 0 Å². The second kappa shape index (κ2) is 12.2. The maximum atomic E-state index is 5.99. The Balaban J connectivity index is 0.000000921. The zero-order valence-electron chi connectivity index (χ0n) is 13.5. The Morgan fingerprint density at radius 2 is 1.86 bits per heavy atom. The molecule has 2 rings (SSSR count). The van der Waals surface area contributed by atoms with Gasteiger partial charge >= 0.3 is 0 Å². The lowest BCUT2D eigenvalue weighted by Gasteiger charge is -2.32. The third-order valence-electron chi connectivity index (χ3n) is 2.88. The number of nitrogens with zero attached hydrogens (tertiary/aromatic N) is 1. The largest absolute Gasteiger partial charge is 0.374 e. The Kier molecular flexibility index (Phi) is 12.1. The molecule has 1 aromatic rings. The Labute approximate surface area is 139 Å². The van der Waals surface area contributed by atoms with Gasteiger partial charge in [0.1, 0.15) is 0 Å². The summed E-state index contributed by atoms with van der Waals surface area (Å²) in [6.07, 6.45) is 0.145. The van der Waals surface area contributed by atoms with Crippen LogP contribution < -0.4 is 5.73 Å². The van der Waals surface area contributed by atoms with Gasteiger partial charge in [0.15, 0.2) is 0 Å². The van der Waals surface area contributed by atoms with E-state index in [1.54, 1.807) is 0 Å². The second-order valence-corrected chi connectivity index (χ2v) is 5.03. The monoisotopic (exact) mass is 334 g/mol. The first kappa shape index (κ1) is 20.7. The fraction of sp³-hybridized carbons (Fsp3) is 0.625. The standard InChI is InChI=1S/C12H16Cl2N2O.2C2H6/c13-11-2-1-9(5-12(11)14)7-16-3-4-17-10(6-15)8-16;2*1-2/h1-2,5,10H,3-4,6-8,15H2;2*1-2H3/t10-;;/m0../s1. The molecular formula is C16H28Cl2N2O. The fourth-order valence-electron chi connectivity index (χ4n) is 1.96. The summed E-state index contributed by atoms with van der Waals surface area (Å²) < 4.78 is 5.52. The molecule has 5 heteroatoms. The highest BCUT2D eigenvalue weighted by atomic mass is 35.5. The molecule has 1 aliphatic rings. The highest BCUT2D eigenvalue weighted by Crippen LogP contribution is 2.23. The number of rotatable bonds is 3. The third kappa shape index (κ3) is 7.48. The molecule has 1 heterocycles. The molecule has 0 radical (unpaired) electrons. The molecule has 0 bridgehead atoms. The zero-order valence-corrected chi connectivity index (χ0v) is 15.0. The van der Waals surface area contributed by atoms with Gasteiger partial charge in [0.05, 0.1) is 22.8 Å². The van der Waals surface area contributed by atoms with Crippen LogP contribution in [0.2, 0.25) is 10.0 Å². The van der Waals surface area contributed by atoms with Gasteiger partial charge < -0.3 is 10.5 Å².